The molecular weight excluding hydrogens is 575 g/mol. The Morgan fingerprint density at radius 3 is 1.03 bits per heavy atom. The molecule has 0 spiro atoms. The summed E-state index contributed by atoms with van der Waals surface area (Å²) in [5.74, 6) is 0. The van der Waals surface area contributed by atoms with Crippen LogP contribution in [0.25, 0.3) is 0 Å². The predicted molar refractivity (Wildman–Crippen MR) is 149 cm³/mol. The van der Waals surface area contributed by atoms with Gasteiger partial charge in [-0.3, -0.25) is 0 Å². The normalized spacial score (nSPS) is 10.5. The Labute approximate surface area is 247 Å². The van der Waals surface area contributed by atoms with Gasteiger partial charge in [-0.2, -0.15) is 23.3 Å². The molecule has 0 saturated carbocycles. The third-order valence-corrected chi connectivity index (χ3v) is 11.9. The van der Waals surface area contributed by atoms with Crippen molar-refractivity contribution >= 4 is 15.8 Å². The van der Waals surface area contributed by atoms with E-state index in [4.69, 9.17) is 0 Å². The molecule has 0 nitrogen and oxygen atoms in total. The predicted octanol–water partition coefficient (Wildman–Crippen LogP) is 1.37. The van der Waals surface area contributed by atoms with E-state index in [0.717, 1.165) is 0 Å². The van der Waals surface area contributed by atoms with Crippen molar-refractivity contribution in [3.63, 3.8) is 0 Å². The van der Waals surface area contributed by atoms with Crippen LogP contribution in [0.5, 0.6) is 0 Å². The Bertz CT molecular complexity index is 1050. The molecule has 4 aromatic carbocycles. The minimum atomic E-state index is -0.455. The van der Waals surface area contributed by atoms with E-state index >= 15 is 0 Å². The zero-order chi connectivity index (χ0) is 25.4. The van der Waals surface area contributed by atoms with Gasteiger partial charge in [-0.05, 0) is 0 Å². The molecule has 0 heterocycles. The second kappa shape index (κ2) is 15.9. The average molecular weight is 615 g/mol. The standard InChI is InChI=1S/C12H10Si.2C10H15.2ClH.Zr/c1-3-7-11(8-4-1)13-12-9-5-2-6-10-12;2*1-8-6-5-7-9(8)10(2,3)4;;;/h1-10H;2*5-7H,1-4H3;2*1H;/q;2*-1;;;+2/p-2. The molecule has 0 fully saturated rings. The van der Waals surface area contributed by atoms with E-state index in [1.807, 2.05) is 0 Å². The number of hydrogen-bond acceptors (Lipinski definition) is 0. The summed E-state index contributed by atoms with van der Waals surface area (Å²) in [4.78, 5) is 0. The number of halogens is 2. The van der Waals surface area contributed by atoms with Crippen molar-refractivity contribution in [2.45, 2.75) is 66.2 Å². The number of rotatable bonds is 2. The molecule has 0 aromatic heterocycles. The Kier molecular flexibility index (Phi) is 15.4. The van der Waals surface area contributed by atoms with Crippen molar-refractivity contribution < 1.29 is 48.1 Å². The topological polar surface area (TPSA) is 0 Å². The third-order valence-electron chi connectivity index (χ3n) is 5.81. The number of aryl methyl sites for hydroxylation is 2. The molecule has 4 rings (SSSR count). The molecule has 0 atom stereocenters. The molecule has 0 unspecified atom stereocenters. The number of benzene rings is 2. The maximum atomic E-state index is 2.25. The van der Waals surface area contributed by atoms with Gasteiger partial charge in [-0.25, -0.2) is 24.3 Å². The van der Waals surface area contributed by atoms with Gasteiger partial charge in [0.05, 0.1) is 0 Å². The first-order valence-corrected chi connectivity index (χ1v) is 17.2. The monoisotopic (exact) mass is 612 g/mol. The molecule has 0 amide bonds. The fraction of sp³-hybridized carbons (Fsp3) is 0.312. The van der Waals surface area contributed by atoms with Crippen molar-refractivity contribution in [3.05, 3.63) is 119 Å². The molecule has 0 radical (unpaired) electrons. The van der Waals surface area contributed by atoms with Gasteiger partial charge in [0.1, 0.15) is 0 Å². The van der Waals surface area contributed by atoms with Gasteiger partial charge in [-0.15, -0.1) is 11.1 Å². The summed E-state index contributed by atoms with van der Waals surface area (Å²) >= 11 is 1.64. The Morgan fingerprint density at radius 2 is 0.833 bits per heavy atom. The van der Waals surface area contributed by atoms with Crippen LogP contribution in [0.4, 0.5) is 0 Å². The summed E-state index contributed by atoms with van der Waals surface area (Å²) in [6.45, 7) is 17.8. The molecule has 0 bridgehead atoms. The quantitative estimate of drug-likeness (QED) is 0.237. The Balaban J connectivity index is 0.000000508. The van der Waals surface area contributed by atoms with E-state index < -0.39 is 5.43 Å². The van der Waals surface area contributed by atoms with Crippen molar-refractivity contribution in [1.82, 2.24) is 0 Å². The first-order chi connectivity index (χ1) is 15.9. The summed E-state index contributed by atoms with van der Waals surface area (Å²) in [7, 11) is 0. The van der Waals surface area contributed by atoms with E-state index in [9.17, 15) is 0 Å². The summed E-state index contributed by atoms with van der Waals surface area (Å²) < 4.78 is 0. The molecule has 4 aromatic rings. The Morgan fingerprint density at radius 1 is 0.528 bits per heavy atom. The van der Waals surface area contributed by atoms with E-state index in [1.54, 1.807) is 23.3 Å². The molecule has 0 aliphatic rings. The molecule has 192 valence electrons. The van der Waals surface area contributed by atoms with Gasteiger partial charge in [0.25, 0.3) is 0 Å². The molecule has 4 heteroatoms. The molecule has 0 aliphatic carbocycles. The van der Waals surface area contributed by atoms with Gasteiger partial charge in [0.15, 0.2) is 0 Å². The minimum absolute atomic E-state index is 0. The van der Waals surface area contributed by atoms with Gasteiger partial charge in [0.2, 0.25) is 0 Å². The van der Waals surface area contributed by atoms with Crippen LogP contribution in [0.15, 0.2) is 97.1 Å². The van der Waals surface area contributed by atoms with Crippen LogP contribution in [-0.4, -0.2) is 5.43 Å². The van der Waals surface area contributed by atoms with Crippen LogP contribution in [0, 0.1) is 13.8 Å². The van der Waals surface area contributed by atoms with E-state index in [2.05, 4.69) is 152 Å². The van der Waals surface area contributed by atoms with Crippen molar-refractivity contribution in [1.29, 1.82) is 0 Å². The fourth-order valence-electron chi connectivity index (χ4n) is 4.08. The van der Waals surface area contributed by atoms with Crippen molar-refractivity contribution in [2.75, 3.05) is 0 Å². The zero-order valence-corrected chi connectivity index (χ0v) is 28.0. The van der Waals surface area contributed by atoms with Gasteiger partial charge >= 0.3 is 99.8 Å². The summed E-state index contributed by atoms with van der Waals surface area (Å²) in [6, 6.07) is 34.7. The average Bonchev–Trinajstić information content (AvgIpc) is 3.43. The molecule has 36 heavy (non-hydrogen) atoms. The van der Waals surface area contributed by atoms with Crippen LogP contribution in [0.2, 0.25) is 0 Å². The third kappa shape index (κ3) is 11.1. The van der Waals surface area contributed by atoms with Crippen LogP contribution in [0.3, 0.4) is 0 Å². The van der Waals surface area contributed by atoms with Crippen LogP contribution in [0.1, 0.15) is 63.8 Å². The zero-order valence-electron chi connectivity index (χ0n) is 23.0. The van der Waals surface area contributed by atoms with E-state index in [1.165, 1.54) is 32.6 Å². The Hall–Kier alpha value is -1.18. The van der Waals surface area contributed by atoms with Crippen molar-refractivity contribution in [2.24, 2.45) is 0 Å². The maximum absolute atomic E-state index is 2.25. The van der Waals surface area contributed by atoms with E-state index in [0.29, 0.717) is 10.8 Å². The fourth-order valence-corrected chi connectivity index (χ4v) is 7.92. The molecule has 0 N–H and O–H groups in total. The molecule has 0 saturated heterocycles. The van der Waals surface area contributed by atoms with Crippen molar-refractivity contribution in [3.8, 4) is 0 Å². The van der Waals surface area contributed by atoms with Gasteiger partial charge < -0.3 is 24.8 Å². The number of hydrogen-bond donors (Lipinski definition) is 0. The molecular formula is C32H40Cl2SiZr-2. The molecule has 0 aliphatic heterocycles. The summed E-state index contributed by atoms with van der Waals surface area (Å²) in [5.41, 5.74) is 5.92. The van der Waals surface area contributed by atoms with E-state index in [-0.39, 0.29) is 24.8 Å². The second-order valence-electron chi connectivity index (χ2n) is 10.9. The summed E-state index contributed by atoms with van der Waals surface area (Å²) in [6.07, 6.45) is 0. The van der Waals surface area contributed by atoms with Crippen LogP contribution in [-0.2, 0) is 34.2 Å². The van der Waals surface area contributed by atoms with Gasteiger partial charge in [-0.1, -0.05) is 66.2 Å². The van der Waals surface area contributed by atoms with Crippen LogP contribution < -0.4 is 35.2 Å². The SMILES string of the molecule is Cc1ccc[c-]1C(C)(C)C.Cc1ccc[c-]1C(C)(C)C.[Cl-].[Cl-].[Zr+2]=[Si](c1ccccc1)c1ccccc1. The second-order valence-corrected chi connectivity index (χ2v) is 16.4. The first-order valence-electron chi connectivity index (χ1n) is 12.1. The summed E-state index contributed by atoms with van der Waals surface area (Å²) in [5, 5.41) is 3.03. The first kappa shape index (κ1) is 34.8. The van der Waals surface area contributed by atoms with Gasteiger partial charge in [0, 0.05) is 0 Å². The van der Waals surface area contributed by atoms with Crippen LogP contribution >= 0.6 is 0 Å².